The molecule has 0 aliphatic heterocycles. The second-order valence-electron chi connectivity index (χ2n) is 6.38. The first-order valence-corrected chi connectivity index (χ1v) is 9.07. The Labute approximate surface area is 166 Å². The number of nitrogens with zero attached hydrogens (tertiary/aromatic N) is 2. The molecule has 0 bridgehead atoms. The summed E-state index contributed by atoms with van der Waals surface area (Å²) in [6.45, 7) is 1.92. The second kappa shape index (κ2) is 7.29. The molecule has 0 spiro atoms. The van der Waals surface area contributed by atoms with Crippen molar-refractivity contribution in [3.8, 4) is 5.69 Å². The molecule has 0 aliphatic rings. The van der Waals surface area contributed by atoms with E-state index in [0.29, 0.717) is 27.2 Å². The lowest BCUT2D eigenvalue weighted by Gasteiger charge is -2.12. The number of halogens is 1. The molecule has 0 aliphatic carbocycles. The van der Waals surface area contributed by atoms with Crippen molar-refractivity contribution in [2.45, 2.75) is 6.92 Å². The highest BCUT2D eigenvalue weighted by Crippen LogP contribution is 2.24. The van der Waals surface area contributed by atoms with Crippen molar-refractivity contribution < 1.29 is 4.79 Å². The van der Waals surface area contributed by atoms with Gasteiger partial charge in [-0.25, -0.2) is 0 Å². The normalized spacial score (nSPS) is 10.8. The molecule has 0 radical (unpaired) electrons. The molecule has 0 atom stereocenters. The van der Waals surface area contributed by atoms with Gasteiger partial charge in [-0.3, -0.25) is 9.59 Å². The maximum absolute atomic E-state index is 13.0. The number of para-hydroxylation sites is 1. The van der Waals surface area contributed by atoms with Crippen LogP contribution in [-0.2, 0) is 0 Å². The van der Waals surface area contributed by atoms with Gasteiger partial charge in [-0.05, 0) is 42.8 Å². The maximum atomic E-state index is 13.0. The molecular formula is C22H16ClN3O2. The summed E-state index contributed by atoms with van der Waals surface area (Å²) in [4.78, 5) is 25.9. The first-order valence-electron chi connectivity index (χ1n) is 8.69. The smallest absolute Gasteiger partial charge is 0.279 e. The average Bonchev–Trinajstić information content (AvgIpc) is 2.71. The van der Waals surface area contributed by atoms with Gasteiger partial charge in [0.2, 0.25) is 0 Å². The number of carbonyl (C=O) groups is 1. The fraction of sp³-hybridized carbons (Fsp3) is 0.0455. The fourth-order valence-corrected chi connectivity index (χ4v) is 3.29. The van der Waals surface area contributed by atoms with Crippen LogP contribution >= 0.6 is 11.6 Å². The Hall–Kier alpha value is -3.44. The minimum Gasteiger partial charge on any atom is -0.319 e. The van der Waals surface area contributed by atoms with Crippen molar-refractivity contribution in [2.75, 3.05) is 5.32 Å². The van der Waals surface area contributed by atoms with Crippen molar-refractivity contribution >= 4 is 34.0 Å². The van der Waals surface area contributed by atoms with Gasteiger partial charge in [0.05, 0.1) is 21.8 Å². The Morgan fingerprint density at radius 3 is 2.36 bits per heavy atom. The Morgan fingerprint density at radius 1 is 0.964 bits per heavy atom. The maximum Gasteiger partial charge on any atom is 0.279 e. The van der Waals surface area contributed by atoms with Gasteiger partial charge >= 0.3 is 0 Å². The van der Waals surface area contributed by atoms with Gasteiger partial charge in [0, 0.05) is 5.39 Å². The van der Waals surface area contributed by atoms with Gasteiger partial charge in [-0.15, -0.1) is 0 Å². The van der Waals surface area contributed by atoms with E-state index in [2.05, 4.69) is 10.4 Å². The minimum atomic E-state index is -0.438. The molecule has 28 heavy (non-hydrogen) atoms. The topological polar surface area (TPSA) is 64.0 Å². The highest BCUT2D eigenvalue weighted by Gasteiger charge is 2.18. The molecule has 6 heteroatoms. The number of aromatic nitrogens is 2. The third-order valence-electron chi connectivity index (χ3n) is 4.39. The van der Waals surface area contributed by atoms with Gasteiger partial charge in [0.25, 0.3) is 11.5 Å². The number of aryl methyl sites for hydroxylation is 1. The SMILES string of the molecule is Cc1ccc(NC(=O)c2nn(-c3ccccc3)c(=O)c3ccccc23)c(Cl)c1. The molecular weight excluding hydrogens is 374 g/mol. The van der Waals surface area contributed by atoms with E-state index in [1.807, 2.05) is 31.2 Å². The molecule has 138 valence electrons. The largest absolute Gasteiger partial charge is 0.319 e. The molecule has 0 unspecified atom stereocenters. The van der Waals surface area contributed by atoms with Crippen LogP contribution in [-0.4, -0.2) is 15.7 Å². The molecule has 4 aromatic rings. The fourth-order valence-electron chi connectivity index (χ4n) is 3.00. The molecule has 1 aromatic heterocycles. The number of fused-ring (bicyclic) bond motifs is 1. The van der Waals surface area contributed by atoms with Crippen molar-refractivity contribution in [1.29, 1.82) is 0 Å². The lowest BCUT2D eigenvalue weighted by molar-refractivity contribution is 0.102. The lowest BCUT2D eigenvalue weighted by Crippen LogP contribution is -2.26. The summed E-state index contributed by atoms with van der Waals surface area (Å²) < 4.78 is 1.24. The summed E-state index contributed by atoms with van der Waals surface area (Å²) >= 11 is 6.24. The number of carbonyl (C=O) groups excluding carboxylic acids is 1. The lowest BCUT2D eigenvalue weighted by atomic mass is 10.1. The zero-order chi connectivity index (χ0) is 19.7. The second-order valence-corrected chi connectivity index (χ2v) is 6.79. The first-order chi connectivity index (χ1) is 13.5. The number of anilines is 1. The number of benzene rings is 3. The monoisotopic (exact) mass is 389 g/mol. The summed E-state index contributed by atoms with van der Waals surface area (Å²) in [5, 5.41) is 8.50. The Balaban J connectivity index is 1.87. The van der Waals surface area contributed by atoms with E-state index in [-0.39, 0.29) is 11.3 Å². The number of nitrogens with one attached hydrogen (secondary N) is 1. The van der Waals surface area contributed by atoms with E-state index in [1.165, 1.54) is 4.68 Å². The van der Waals surface area contributed by atoms with E-state index < -0.39 is 5.91 Å². The predicted octanol–water partition coefficient (Wildman–Crippen LogP) is 4.60. The van der Waals surface area contributed by atoms with Crippen LogP contribution in [0.3, 0.4) is 0 Å². The number of rotatable bonds is 3. The van der Waals surface area contributed by atoms with E-state index >= 15 is 0 Å². The summed E-state index contributed by atoms with van der Waals surface area (Å²) in [6.07, 6.45) is 0. The van der Waals surface area contributed by atoms with E-state index in [4.69, 9.17) is 11.6 Å². The van der Waals surface area contributed by atoms with E-state index in [0.717, 1.165) is 5.56 Å². The minimum absolute atomic E-state index is 0.149. The highest BCUT2D eigenvalue weighted by molar-refractivity contribution is 6.34. The number of amides is 1. The van der Waals surface area contributed by atoms with E-state index in [1.54, 1.807) is 48.5 Å². The van der Waals surface area contributed by atoms with Gasteiger partial charge < -0.3 is 5.32 Å². The number of hydrogen-bond acceptors (Lipinski definition) is 3. The van der Waals surface area contributed by atoms with Crippen molar-refractivity contribution in [2.24, 2.45) is 0 Å². The molecule has 4 rings (SSSR count). The van der Waals surface area contributed by atoms with Gasteiger partial charge in [-0.2, -0.15) is 9.78 Å². The summed E-state index contributed by atoms with van der Waals surface area (Å²) in [6, 6.07) is 21.3. The molecule has 1 heterocycles. The average molecular weight is 390 g/mol. The van der Waals surface area contributed by atoms with Gasteiger partial charge in [0.15, 0.2) is 5.69 Å². The van der Waals surface area contributed by atoms with Crippen LogP contribution in [0, 0.1) is 6.92 Å². The quantitative estimate of drug-likeness (QED) is 0.557. The highest BCUT2D eigenvalue weighted by atomic mass is 35.5. The van der Waals surface area contributed by atoms with Gasteiger partial charge in [-0.1, -0.05) is 54.1 Å². The predicted molar refractivity (Wildman–Crippen MR) is 111 cm³/mol. The Bertz CT molecular complexity index is 1250. The molecule has 3 aromatic carbocycles. The molecule has 0 saturated heterocycles. The zero-order valence-electron chi connectivity index (χ0n) is 15.0. The van der Waals surface area contributed by atoms with Crippen LogP contribution in [0.1, 0.15) is 16.1 Å². The van der Waals surface area contributed by atoms with Crippen LogP contribution in [0.5, 0.6) is 0 Å². The van der Waals surface area contributed by atoms with Crippen LogP contribution in [0.4, 0.5) is 5.69 Å². The van der Waals surface area contributed by atoms with Crippen molar-refractivity contribution in [1.82, 2.24) is 9.78 Å². The van der Waals surface area contributed by atoms with E-state index in [9.17, 15) is 9.59 Å². The molecule has 0 fully saturated rings. The molecule has 1 amide bonds. The van der Waals surface area contributed by atoms with Crippen LogP contribution < -0.4 is 10.9 Å². The molecule has 0 saturated carbocycles. The van der Waals surface area contributed by atoms with Crippen molar-refractivity contribution in [3.05, 3.63) is 99.4 Å². The summed E-state index contributed by atoms with van der Waals surface area (Å²) in [7, 11) is 0. The standard InChI is InChI=1S/C22H16ClN3O2/c1-14-11-12-19(18(23)13-14)24-21(27)20-16-9-5-6-10-17(16)22(28)26(25-20)15-7-3-2-4-8-15/h2-13H,1H3,(H,24,27). The summed E-state index contributed by atoms with van der Waals surface area (Å²) in [5.74, 6) is -0.438. The Morgan fingerprint density at radius 2 is 1.64 bits per heavy atom. The van der Waals surface area contributed by atoms with Crippen LogP contribution in [0.15, 0.2) is 77.6 Å². The third-order valence-corrected chi connectivity index (χ3v) is 4.71. The molecule has 1 N–H and O–H groups in total. The number of hydrogen-bond donors (Lipinski definition) is 1. The van der Waals surface area contributed by atoms with Crippen LogP contribution in [0.2, 0.25) is 5.02 Å². The molecule has 5 nitrogen and oxygen atoms in total. The van der Waals surface area contributed by atoms with Crippen LogP contribution in [0.25, 0.3) is 16.5 Å². The Kier molecular flexibility index (Phi) is 4.67. The first kappa shape index (κ1) is 17.9. The van der Waals surface area contributed by atoms with Crippen molar-refractivity contribution in [3.63, 3.8) is 0 Å². The van der Waals surface area contributed by atoms with Gasteiger partial charge in [0.1, 0.15) is 0 Å². The zero-order valence-corrected chi connectivity index (χ0v) is 15.8. The summed E-state index contributed by atoms with van der Waals surface area (Å²) in [5.41, 5.74) is 1.92. The third kappa shape index (κ3) is 3.28.